The molecular formula is C22H14F5N3O3. The molecular weight excluding hydrogens is 449 g/mol. The fraction of sp³-hybridized carbons (Fsp3) is 0.136. The van der Waals surface area contributed by atoms with Gasteiger partial charge in [-0.25, -0.2) is 22.0 Å². The van der Waals surface area contributed by atoms with E-state index in [2.05, 4.69) is 10.3 Å². The maximum absolute atomic E-state index is 14.8. The van der Waals surface area contributed by atoms with Crippen LogP contribution < -0.4 is 10.2 Å². The highest BCUT2D eigenvalue weighted by atomic mass is 19.3. The molecule has 0 bridgehead atoms. The molecule has 11 heteroatoms. The Labute approximate surface area is 183 Å². The van der Waals surface area contributed by atoms with Gasteiger partial charge in [-0.1, -0.05) is 12.1 Å². The first kappa shape index (κ1) is 22.3. The number of aliphatic hydroxyl groups excluding tert-OH is 1. The molecule has 6 nitrogen and oxygen atoms in total. The summed E-state index contributed by atoms with van der Waals surface area (Å²) in [6.07, 6.45) is -3.97. The van der Waals surface area contributed by atoms with E-state index >= 15 is 0 Å². The molecule has 1 atom stereocenters. The van der Waals surface area contributed by atoms with Crippen molar-refractivity contribution in [3.63, 3.8) is 0 Å². The predicted octanol–water partition coefficient (Wildman–Crippen LogP) is 4.12. The largest absolute Gasteiger partial charge is 0.377 e. The minimum Gasteiger partial charge on any atom is -0.377 e. The molecule has 1 aromatic heterocycles. The number of anilines is 2. The lowest BCUT2D eigenvalue weighted by atomic mass is 10.00. The third kappa shape index (κ3) is 4.27. The van der Waals surface area contributed by atoms with Crippen molar-refractivity contribution in [1.82, 2.24) is 4.98 Å². The Morgan fingerprint density at radius 2 is 1.79 bits per heavy atom. The quantitative estimate of drug-likeness (QED) is 0.571. The van der Waals surface area contributed by atoms with Gasteiger partial charge in [0.25, 0.3) is 12.3 Å². The number of nitrogens with one attached hydrogen (secondary N) is 1. The smallest absolute Gasteiger partial charge is 0.263 e. The highest BCUT2D eigenvalue weighted by Crippen LogP contribution is 2.41. The molecule has 0 radical (unpaired) electrons. The second kappa shape index (κ2) is 8.58. The molecule has 1 unspecified atom stereocenters. The van der Waals surface area contributed by atoms with Gasteiger partial charge in [0.15, 0.2) is 6.10 Å². The number of aromatic nitrogens is 1. The summed E-state index contributed by atoms with van der Waals surface area (Å²) in [7, 11) is 0. The van der Waals surface area contributed by atoms with Crippen molar-refractivity contribution in [3.05, 3.63) is 77.4 Å². The van der Waals surface area contributed by atoms with Crippen molar-refractivity contribution in [2.75, 3.05) is 16.8 Å². The molecule has 0 spiro atoms. The summed E-state index contributed by atoms with van der Waals surface area (Å²) in [5.41, 5.74) is -1.60. The number of benzene rings is 2. The zero-order valence-electron chi connectivity index (χ0n) is 16.5. The zero-order valence-corrected chi connectivity index (χ0v) is 16.5. The number of aliphatic hydroxyl groups is 1. The Hall–Kier alpha value is -3.86. The second-order valence-corrected chi connectivity index (χ2v) is 7.17. The van der Waals surface area contributed by atoms with Crippen LogP contribution in [0, 0.1) is 17.5 Å². The number of carbonyl (C=O) groups excluding carboxylic acids is 2. The summed E-state index contributed by atoms with van der Waals surface area (Å²) in [5.74, 6) is -5.09. The lowest BCUT2D eigenvalue weighted by molar-refractivity contribution is -0.128. The molecule has 1 aliphatic heterocycles. The van der Waals surface area contributed by atoms with Crippen LogP contribution in [0.5, 0.6) is 0 Å². The molecule has 0 saturated heterocycles. The van der Waals surface area contributed by atoms with Gasteiger partial charge in [0.05, 0.1) is 17.6 Å². The van der Waals surface area contributed by atoms with Gasteiger partial charge in [-0.2, -0.15) is 0 Å². The van der Waals surface area contributed by atoms with Gasteiger partial charge in [-0.3, -0.25) is 19.5 Å². The van der Waals surface area contributed by atoms with Crippen molar-refractivity contribution >= 4 is 23.2 Å². The fourth-order valence-corrected chi connectivity index (χ4v) is 3.51. The molecule has 0 fully saturated rings. The van der Waals surface area contributed by atoms with Gasteiger partial charge >= 0.3 is 0 Å². The summed E-state index contributed by atoms with van der Waals surface area (Å²) in [6, 6.07) is 6.75. The third-order valence-corrected chi connectivity index (χ3v) is 4.99. The maximum Gasteiger partial charge on any atom is 0.263 e. The van der Waals surface area contributed by atoms with Crippen LogP contribution >= 0.6 is 0 Å². The van der Waals surface area contributed by atoms with Crippen LogP contribution in [-0.2, 0) is 9.59 Å². The molecule has 2 amide bonds. The number of alkyl halides is 2. The van der Waals surface area contributed by atoms with Gasteiger partial charge in [0.2, 0.25) is 5.91 Å². The van der Waals surface area contributed by atoms with E-state index in [4.69, 9.17) is 0 Å². The molecule has 0 saturated carbocycles. The van der Waals surface area contributed by atoms with E-state index in [1.54, 1.807) is 0 Å². The van der Waals surface area contributed by atoms with Crippen LogP contribution in [0.2, 0.25) is 0 Å². The van der Waals surface area contributed by atoms with E-state index in [1.165, 1.54) is 12.1 Å². The van der Waals surface area contributed by atoms with E-state index in [0.717, 1.165) is 30.5 Å². The van der Waals surface area contributed by atoms with Crippen molar-refractivity contribution < 1.29 is 36.6 Å². The Morgan fingerprint density at radius 3 is 2.45 bits per heavy atom. The molecule has 33 heavy (non-hydrogen) atoms. The zero-order chi connectivity index (χ0) is 23.9. The summed E-state index contributed by atoms with van der Waals surface area (Å²) >= 11 is 0. The Balaban J connectivity index is 1.72. The van der Waals surface area contributed by atoms with Crippen molar-refractivity contribution in [1.29, 1.82) is 0 Å². The molecule has 170 valence electrons. The number of pyridine rings is 1. The number of fused-ring (bicyclic) bond motifs is 3. The second-order valence-electron chi connectivity index (χ2n) is 7.17. The predicted molar refractivity (Wildman–Crippen MR) is 107 cm³/mol. The normalized spacial score (nSPS) is 15.2. The van der Waals surface area contributed by atoms with Gasteiger partial charge in [-0.15, -0.1) is 0 Å². The lowest BCUT2D eigenvalue weighted by Crippen LogP contribution is -2.40. The lowest BCUT2D eigenvalue weighted by Gasteiger charge is -2.24. The average Bonchev–Trinajstić information content (AvgIpc) is 2.83. The minimum atomic E-state index is -2.70. The standard InChI is InChI=1S/C22H14F5N3O3/c23-11-6-15(25)18-14-5-12(24)8-28-19(14)20(32)22(33)30(16(18)7-11)9-17(31)29-13-3-1-10(2-4-13)21(26)27/h1-8,20-21,32H,9H2,(H,29,31). The molecule has 1 aliphatic rings. The van der Waals surface area contributed by atoms with E-state index in [0.29, 0.717) is 11.0 Å². The van der Waals surface area contributed by atoms with Crippen molar-refractivity contribution in [3.8, 4) is 11.1 Å². The maximum atomic E-state index is 14.8. The van der Waals surface area contributed by atoms with Crippen molar-refractivity contribution in [2.45, 2.75) is 12.5 Å². The number of carbonyl (C=O) groups is 2. The number of amides is 2. The van der Waals surface area contributed by atoms with Crippen LogP contribution in [0.25, 0.3) is 11.1 Å². The van der Waals surface area contributed by atoms with Gasteiger partial charge in [-0.05, 0) is 24.3 Å². The summed E-state index contributed by atoms with van der Waals surface area (Å²) < 4.78 is 68.0. The average molecular weight is 463 g/mol. The Morgan fingerprint density at radius 1 is 1.09 bits per heavy atom. The molecule has 2 heterocycles. The highest BCUT2D eigenvalue weighted by Gasteiger charge is 2.37. The highest BCUT2D eigenvalue weighted by molar-refractivity contribution is 6.08. The van der Waals surface area contributed by atoms with E-state index < -0.39 is 59.6 Å². The summed E-state index contributed by atoms with van der Waals surface area (Å²) in [5, 5.41) is 12.9. The van der Waals surface area contributed by atoms with Crippen LogP contribution in [-0.4, -0.2) is 28.4 Å². The van der Waals surface area contributed by atoms with Crippen LogP contribution in [0.4, 0.5) is 33.3 Å². The first-order valence-electron chi connectivity index (χ1n) is 9.48. The third-order valence-electron chi connectivity index (χ3n) is 4.99. The topological polar surface area (TPSA) is 82.5 Å². The van der Waals surface area contributed by atoms with Gasteiger partial charge < -0.3 is 10.4 Å². The van der Waals surface area contributed by atoms with Crippen molar-refractivity contribution in [2.24, 2.45) is 0 Å². The summed E-state index contributed by atoms with van der Waals surface area (Å²) in [6.45, 7) is -0.793. The Bertz CT molecular complexity index is 1250. The first-order chi connectivity index (χ1) is 15.7. The number of halogens is 5. The van der Waals surface area contributed by atoms with E-state index in [1.807, 2.05) is 0 Å². The van der Waals surface area contributed by atoms with Gasteiger partial charge in [0.1, 0.15) is 24.0 Å². The van der Waals surface area contributed by atoms with E-state index in [-0.39, 0.29) is 22.5 Å². The van der Waals surface area contributed by atoms with Crippen LogP contribution in [0.1, 0.15) is 23.8 Å². The SMILES string of the molecule is O=C(CN1C(=O)C(O)c2ncc(F)cc2-c2c(F)cc(F)cc21)Nc1ccc(C(F)F)cc1. The van der Waals surface area contributed by atoms with Crippen LogP contribution in [0.15, 0.2) is 48.7 Å². The van der Waals surface area contributed by atoms with E-state index in [9.17, 15) is 36.6 Å². The molecule has 3 aromatic rings. The molecule has 2 aromatic carbocycles. The number of nitrogens with zero attached hydrogens (tertiary/aromatic N) is 2. The monoisotopic (exact) mass is 463 g/mol. The summed E-state index contributed by atoms with van der Waals surface area (Å²) in [4.78, 5) is 29.8. The minimum absolute atomic E-state index is 0.130. The number of hydrogen-bond donors (Lipinski definition) is 2. The molecule has 4 rings (SSSR count). The number of rotatable bonds is 4. The van der Waals surface area contributed by atoms with Crippen LogP contribution in [0.3, 0.4) is 0 Å². The number of hydrogen-bond acceptors (Lipinski definition) is 4. The molecule has 0 aliphatic carbocycles. The molecule has 2 N–H and O–H groups in total. The van der Waals surface area contributed by atoms with Gasteiger partial charge in [0, 0.05) is 28.4 Å². The fourth-order valence-electron chi connectivity index (χ4n) is 3.51. The first-order valence-corrected chi connectivity index (χ1v) is 9.48. The Kier molecular flexibility index (Phi) is 5.81.